The molecular formula is C14H20N2O2. The van der Waals surface area contributed by atoms with E-state index in [1.807, 2.05) is 12.1 Å². The number of amides is 1. The Kier molecular flexibility index (Phi) is 3.87. The molecule has 1 amide bonds. The highest BCUT2D eigenvalue weighted by Gasteiger charge is 2.36. The van der Waals surface area contributed by atoms with Gasteiger partial charge in [0.2, 0.25) is 5.91 Å². The fourth-order valence-corrected chi connectivity index (χ4v) is 2.39. The summed E-state index contributed by atoms with van der Waals surface area (Å²) in [5, 5.41) is 12.1. The molecule has 4 N–H and O–H groups in total. The van der Waals surface area contributed by atoms with E-state index in [4.69, 9.17) is 10.8 Å². The summed E-state index contributed by atoms with van der Waals surface area (Å²) < 4.78 is 0. The summed E-state index contributed by atoms with van der Waals surface area (Å²) in [6.07, 6.45) is 4.42. The third-order valence-electron chi connectivity index (χ3n) is 3.58. The first-order valence-corrected chi connectivity index (χ1v) is 6.45. The topological polar surface area (TPSA) is 75.4 Å². The molecule has 0 radical (unpaired) electrons. The van der Waals surface area contributed by atoms with Crippen LogP contribution in [-0.2, 0) is 11.2 Å². The van der Waals surface area contributed by atoms with Crippen molar-refractivity contribution in [3.63, 3.8) is 0 Å². The molecule has 0 spiro atoms. The second kappa shape index (κ2) is 5.40. The molecular weight excluding hydrogens is 228 g/mol. The van der Waals surface area contributed by atoms with Gasteiger partial charge in [-0.3, -0.25) is 4.79 Å². The van der Waals surface area contributed by atoms with Gasteiger partial charge in [0.15, 0.2) is 0 Å². The SMILES string of the molecule is NC1(C(=O)NCCc2ccc(O)cc2)CCCC1. The van der Waals surface area contributed by atoms with E-state index in [2.05, 4.69) is 5.32 Å². The minimum absolute atomic E-state index is 0.0289. The van der Waals surface area contributed by atoms with Crippen LogP contribution in [0.25, 0.3) is 0 Å². The molecule has 2 rings (SSSR count). The number of rotatable bonds is 4. The van der Waals surface area contributed by atoms with Crippen LogP contribution in [0.1, 0.15) is 31.2 Å². The maximum absolute atomic E-state index is 11.9. The lowest BCUT2D eigenvalue weighted by Crippen LogP contribution is -2.52. The molecule has 4 heteroatoms. The molecule has 0 unspecified atom stereocenters. The zero-order valence-corrected chi connectivity index (χ0v) is 10.5. The Bertz CT molecular complexity index is 408. The molecule has 18 heavy (non-hydrogen) atoms. The molecule has 0 aliphatic heterocycles. The maximum atomic E-state index is 11.9. The molecule has 4 nitrogen and oxygen atoms in total. The van der Waals surface area contributed by atoms with Gasteiger partial charge in [-0.15, -0.1) is 0 Å². The number of carbonyl (C=O) groups excluding carboxylic acids is 1. The monoisotopic (exact) mass is 248 g/mol. The van der Waals surface area contributed by atoms with Crippen molar-refractivity contribution in [2.45, 2.75) is 37.6 Å². The second-order valence-electron chi connectivity index (χ2n) is 5.04. The summed E-state index contributed by atoms with van der Waals surface area (Å²) in [7, 11) is 0. The van der Waals surface area contributed by atoms with Crippen molar-refractivity contribution in [2.75, 3.05) is 6.54 Å². The van der Waals surface area contributed by atoms with E-state index in [0.29, 0.717) is 6.54 Å². The Balaban J connectivity index is 1.78. The average molecular weight is 248 g/mol. The summed E-state index contributed by atoms with van der Waals surface area (Å²) in [5.41, 5.74) is 6.50. The number of hydrogen-bond acceptors (Lipinski definition) is 3. The normalized spacial score (nSPS) is 17.6. The number of nitrogens with one attached hydrogen (secondary N) is 1. The van der Waals surface area contributed by atoms with Gasteiger partial charge in [-0.2, -0.15) is 0 Å². The molecule has 1 aromatic rings. The number of nitrogens with two attached hydrogens (primary N) is 1. The van der Waals surface area contributed by atoms with Crippen molar-refractivity contribution in [3.8, 4) is 5.75 Å². The van der Waals surface area contributed by atoms with Gasteiger partial charge in [-0.1, -0.05) is 25.0 Å². The third-order valence-corrected chi connectivity index (χ3v) is 3.58. The van der Waals surface area contributed by atoms with Gasteiger partial charge in [-0.05, 0) is 37.0 Å². The predicted molar refractivity (Wildman–Crippen MR) is 70.2 cm³/mol. The lowest BCUT2D eigenvalue weighted by atomic mass is 9.98. The zero-order chi connectivity index (χ0) is 13.0. The molecule has 1 aromatic carbocycles. The van der Waals surface area contributed by atoms with Gasteiger partial charge in [0.05, 0.1) is 5.54 Å². The van der Waals surface area contributed by atoms with Crippen molar-refractivity contribution >= 4 is 5.91 Å². The Morgan fingerprint density at radius 1 is 1.28 bits per heavy atom. The highest BCUT2D eigenvalue weighted by Crippen LogP contribution is 2.27. The van der Waals surface area contributed by atoms with E-state index < -0.39 is 5.54 Å². The van der Waals surface area contributed by atoms with E-state index in [0.717, 1.165) is 37.7 Å². The van der Waals surface area contributed by atoms with Crippen LogP contribution in [0.2, 0.25) is 0 Å². The van der Waals surface area contributed by atoms with Gasteiger partial charge in [0.25, 0.3) is 0 Å². The highest BCUT2D eigenvalue weighted by molar-refractivity contribution is 5.86. The standard InChI is InChI=1S/C14H20N2O2/c15-14(8-1-2-9-14)13(18)16-10-7-11-3-5-12(17)6-4-11/h3-6,17H,1-2,7-10,15H2,(H,16,18). The van der Waals surface area contributed by atoms with Crippen LogP contribution in [0.5, 0.6) is 5.75 Å². The van der Waals surface area contributed by atoms with E-state index in [9.17, 15) is 4.79 Å². The summed E-state index contributed by atoms with van der Waals surface area (Å²) in [6.45, 7) is 0.586. The summed E-state index contributed by atoms with van der Waals surface area (Å²) in [6, 6.07) is 7.02. The summed E-state index contributed by atoms with van der Waals surface area (Å²) in [5.74, 6) is 0.230. The van der Waals surface area contributed by atoms with Crippen molar-refractivity contribution in [3.05, 3.63) is 29.8 Å². The maximum Gasteiger partial charge on any atom is 0.240 e. The lowest BCUT2D eigenvalue weighted by molar-refractivity contribution is -0.126. The van der Waals surface area contributed by atoms with Crippen LogP contribution >= 0.6 is 0 Å². The van der Waals surface area contributed by atoms with Crippen LogP contribution < -0.4 is 11.1 Å². The fraction of sp³-hybridized carbons (Fsp3) is 0.500. The number of hydrogen-bond donors (Lipinski definition) is 3. The quantitative estimate of drug-likeness (QED) is 0.752. The van der Waals surface area contributed by atoms with Gasteiger partial charge in [0, 0.05) is 6.54 Å². The molecule has 0 bridgehead atoms. The van der Waals surface area contributed by atoms with Crippen LogP contribution in [0, 0.1) is 0 Å². The molecule has 1 fully saturated rings. The number of carbonyl (C=O) groups is 1. The van der Waals surface area contributed by atoms with Crippen LogP contribution in [0.15, 0.2) is 24.3 Å². The first kappa shape index (κ1) is 12.9. The molecule has 1 aliphatic rings. The van der Waals surface area contributed by atoms with E-state index in [1.54, 1.807) is 12.1 Å². The Morgan fingerprint density at radius 2 is 1.89 bits per heavy atom. The Morgan fingerprint density at radius 3 is 2.50 bits per heavy atom. The predicted octanol–water partition coefficient (Wildman–Crippen LogP) is 1.32. The van der Waals surface area contributed by atoms with Gasteiger partial charge >= 0.3 is 0 Å². The number of benzene rings is 1. The molecule has 0 aromatic heterocycles. The number of phenolic OH excluding ortho intramolecular Hbond substituents is 1. The highest BCUT2D eigenvalue weighted by atomic mass is 16.3. The summed E-state index contributed by atoms with van der Waals surface area (Å²) in [4.78, 5) is 11.9. The minimum atomic E-state index is -0.644. The molecule has 0 saturated heterocycles. The lowest BCUT2D eigenvalue weighted by Gasteiger charge is -2.22. The number of phenols is 1. The number of aromatic hydroxyl groups is 1. The minimum Gasteiger partial charge on any atom is -0.508 e. The largest absolute Gasteiger partial charge is 0.508 e. The smallest absolute Gasteiger partial charge is 0.240 e. The van der Waals surface area contributed by atoms with Crippen molar-refractivity contribution in [1.82, 2.24) is 5.32 Å². The molecule has 1 saturated carbocycles. The van der Waals surface area contributed by atoms with Crippen molar-refractivity contribution < 1.29 is 9.90 Å². The fourth-order valence-electron chi connectivity index (χ4n) is 2.39. The van der Waals surface area contributed by atoms with Crippen molar-refractivity contribution in [2.24, 2.45) is 5.73 Å². The first-order valence-electron chi connectivity index (χ1n) is 6.45. The van der Waals surface area contributed by atoms with E-state index in [-0.39, 0.29) is 11.7 Å². The molecule has 0 heterocycles. The Hall–Kier alpha value is -1.55. The van der Waals surface area contributed by atoms with E-state index >= 15 is 0 Å². The third kappa shape index (κ3) is 3.01. The van der Waals surface area contributed by atoms with Crippen LogP contribution in [-0.4, -0.2) is 23.1 Å². The van der Waals surface area contributed by atoms with Gasteiger partial charge in [-0.25, -0.2) is 0 Å². The average Bonchev–Trinajstić information content (AvgIpc) is 2.80. The summed E-state index contributed by atoms with van der Waals surface area (Å²) >= 11 is 0. The van der Waals surface area contributed by atoms with Gasteiger partial charge < -0.3 is 16.2 Å². The van der Waals surface area contributed by atoms with E-state index in [1.165, 1.54) is 0 Å². The Labute approximate surface area is 107 Å². The first-order chi connectivity index (χ1) is 8.60. The molecule has 98 valence electrons. The second-order valence-corrected chi connectivity index (χ2v) is 5.04. The zero-order valence-electron chi connectivity index (χ0n) is 10.5. The van der Waals surface area contributed by atoms with Crippen LogP contribution in [0.3, 0.4) is 0 Å². The van der Waals surface area contributed by atoms with Gasteiger partial charge in [0.1, 0.15) is 5.75 Å². The van der Waals surface area contributed by atoms with Crippen molar-refractivity contribution in [1.29, 1.82) is 0 Å². The van der Waals surface area contributed by atoms with Crippen LogP contribution in [0.4, 0.5) is 0 Å². The molecule has 0 atom stereocenters. The molecule has 1 aliphatic carbocycles.